The lowest BCUT2D eigenvalue weighted by Gasteiger charge is -2.30. The minimum atomic E-state index is -1.13. The summed E-state index contributed by atoms with van der Waals surface area (Å²) in [6.45, 7) is 0.0251. The number of carboxylic acid groups (broad SMARTS) is 1. The first-order valence-corrected chi connectivity index (χ1v) is 6.22. The molecule has 7 nitrogen and oxygen atoms in total. The van der Waals surface area contributed by atoms with E-state index in [0.717, 1.165) is 5.69 Å². The number of nitrogens with two attached hydrogens (primary N) is 1. The highest BCUT2D eigenvalue weighted by molar-refractivity contribution is 6.05. The summed E-state index contributed by atoms with van der Waals surface area (Å²) in [6.07, 6.45) is 1.37. The molecule has 0 bridgehead atoms. The summed E-state index contributed by atoms with van der Waals surface area (Å²) < 4.78 is 0. The van der Waals surface area contributed by atoms with Crippen LogP contribution in [-0.4, -0.2) is 28.5 Å². The van der Waals surface area contributed by atoms with Crippen LogP contribution < -0.4 is 16.0 Å². The number of carbonyl (C=O) groups excluding carboxylic acids is 1. The van der Waals surface area contributed by atoms with Crippen molar-refractivity contribution in [2.75, 3.05) is 22.5 Å². The lowest BCUT2D eigenvalue weighted by atomic mass is 10.1. The van der Waals surface area contributed by atoms with Gasteiger partial charge in [0.25, 0.3) is 0 Å². The van der Waals surface area contributed by atoms with Crippen molar-refractivity contribution in [3.05, 3.63) is 42.1 Å². The lowest BCUT2D eigenvalue weighted by molar-refractivity contribution is -0.115. The Morgan fingerprint density at radius 3 is 2.86 bits per heavy atom. The van der Waals surface area contributed by atoms with Crippen LogP contribution in [0.3, 0.4) is 0 Å². The number of fused-ring (bicyclic) bond motifs is 1. The van der Waals surface area contributed by atoms with Gasteiger partial charge in [0.2, 0.25) is 5.91 Å². The Labute approximate surface area is 120 Å². The maximum Gasteiger partial charge on any atom is 0.337 e. The number of nitrogens with zero attached hydrogens (tertiary/aromatic N) is 2. The van der Waals surface area contributed by atoms with Gasteiger partial charge in [0.05, 0.1) is 22.6 Å². The first-order chi connectivity index (χ1) is 10.1. The predicted molar refractivity (Wildman–Crippen MR) is 77.7 cm³/mol. The molecule has 1 aromatic heterocycles. The van der Waals surface area contributed by atoms with Crippen molar-refractivity contribution < 1.29 is 14.7 Å². The SMILES string of the molecule is Nc1c(C(=O)O)ccnc1N1CC(=O)Nc2ccccc21. The van der Waals surface area contributed by atoms with E-state index in [4.69, 9.17) is 10.8 Å². The van der Waals surface area contributed by atoms with E-state index >= 15 is 0 Å². The number of carboxylic acids is 1. The molecule has 0 aliphatic carbocycles. The van der Waals surface area contributed by atoms with Gasteiger partial charge in [-0.15, -0.1) is 0 Å². The largest absolute Gasteiger partial charge is 0.478 e. The Kier molecular flexibility index (Phi) is 2.94. The molecule has 0 radical (unpaired) electrons. The van der Waals surface area contributed by atoms with E-state index in [-0.39, 0.29) is 29.5 Å². The molecule has 1 aliphatic rings. The number of aromatic nitrogens is 1. The number of nitrogen functional groups attached to an aromatic ring is 1. The van der Waals surface area contributed by atoms with Gasteiger partial charge in [0.1, 0.15) is 6.54 Å². The Hall–Kier alpha value is -3.09. The van der Waals surface area contributed by atoms with Crippen molar-refractivity contribution in [3.63, 3.8) is 0 Å². The van der Waals surface area contributed by atoms with Crippen LogP contribution in [0.1, 0.15) is 10.4 Å². The van der Waals surface area contributed by atoms with Crippen LogP contribution in [-0.2, 0) is 4.79 Å². The van der Waals surface area contributed by atoms with Crippen LogP contribution in [0.5, 0.6) is 0 Å². The summed E-state index contributed by atoms with van der Waals surface area (Å²) in [4.78, 5) is 28.7. The minimum absolute atomic E-state index is 0.0251. The Morgan fingerprint density at radius 1 is 1.33 bits per heavy atom. The Morgan fingerprint density at radius 2 is 2.10 bits per heavy atom. The molecule has 3 rings (SSSR count). The van der Waals surface area contributed by atoms with Crippen LogP contribution >= 0.6 is 0 Å². The molecule has 0 fully saturated rings. The molecule has 2 aromatic rings. The van der Waals surface area contributed by atoms with Gasteiger partial charge in [0, 0.05) is 6.20 Å². The number of nitrogens with one attached hydrogen (secondary N) is 1. The number of aromatic carboxylic acids is 1. The van der Waals surface area contributed by atoms with Crippen LogP contribution in [0.25, 0.3) is 0 Å². The fourth-order valence-electron chi connectivity index (χ4n) is 2.29. The number of carbonyl (C=O) groups is 2. The molecule has 1 aliphatic heterocycles. The lowest BCUT2D eigenvalue weighted by Crippen LogP contribution is -2.36. The first-order valence-electron chi connectivity index (χ1n) is 6.22. The third-order valence-corrected chi connectivity index (χ3v) is 3.23. The molecule has 4 N–H and O–H groups in total. The number of para-hydroxylation sites is 2. The molecule has 0 saturated heterocycles. The fourth-order valence-corrected chi connectivity index (χ4v) is 2.29. The maximum atomic E-state index is 11.8. The van der Waals surface area contributed by atoms with E-state index in [2.05, 4.69) is 10.3 Å². The molecule has 1 amide bonds. The maximum absolute atomic E-state index is 11.8. The van der Waals surface area contributed by atoms with Crippen molar-refractivity contribution >= 4 is 34.8 Å². The van der Waals surface area contributed by atoms with Crippen molar-refractivity contribution in [2.24, 2.45) is 0 Å². The van der Waals surface area contributed by atoms with Crippen LogP contribution in [0.2, 0.25) is 0 Å². The monoisotopic (exact) mass is 284 g/mol. The van der Waals surface area contributed by atoms with Gasteiger partial charge in [-0.3, -0.25) is 4.79 Å². The average Bonchev–Trinajstić information content (AvgIpc) is 2.46. The zero-order chi connectivity index (χ0) is 15.0. The number of hydrogen-bond acceptors (Lipinski definition) is 5. The highest BCUT2D eigenvalue weighted by atomic mass is 16.4. The normalized spacial score (nSPS) is 13.5. The second kappa shape index (κ2) is 4.78. The standard InChI is InChI=1S/C14H12N4O3/c15-12-8(14(20)21)5-6-16-13(12)18-7-11(19)17-9-3-1-2-4-10(9)18/h1-6H,7,15H2,(H,17,19)(H,20,21). The van der Waals surface area contributed by atoms with Gasteiger partial charge < -0.3 is 21.1 Å². The number of benzene rings is 1. The minimum Gasteiger partial charge on any atom is -0.478 e. The summed E-state index contributed by atoms with van der Waals surface area (Å²) in [5, 5.41) is 11.9. The van der Waals surface area contributed by atoms with Crippen molar-refractivity contribution in [2.45, 2.75) is 0 Å². The van der Waals surface area contributed by atoms with E-state index in [0.29, 0.717) is 5.69 Å². The number of pyridine rings is 1. The van der Waals surface area contributed by atoms with E-state index in [9.17, 15) is 9.59 Å². The molecular formula is C14H12N4O3. The Bertz CT molecular complexity index is 745. The van der Waals surface area contributed by atoms with Gasteiger partial charge >= 0.3 is 5.97 Å². The first kappa shape index (κ1) is 12.9. The molecule has 0 unspecified atom stereocenters. The molecule has 21 heavy (non-hydrogen) atoms. The fraction of sp³-hybridized carbons (Fsp3) is 0.0714. The number of amides is 1. The summed E-state index contributed by atoms with van der Waals surface area (Å²) in [7, 11) is 0. The summed E-state index contributed by atoms with van der Waals surface area (Å²) >= 11 is 0. The molecule has 2 heterocycles. The molecule has 0 atom stereocenters. The van der Waals surface area contributed by atoms with E-state index in [1.807, 2.05) is 12.1 Å². The highest BCUT2D eigenvalue weighted by Crippen LogP contribution is 2.36. The highest BCUT2D eigenvalue weighted by Gasteiger charge is 2.26. The molecule has 1 aromatic carbocycles. The molecular weight excluding hydrogens is 272 g/mol. The van der Waals surface area contributed by atoms with Crippen LogP contribution in [0.4, 0.5) is 22.9 Å². The smallest absolute Gasteiger partial charge is 0.337 e. The van der Waals surface area contributed by atoms with E-state index in [1.165, 1.54) is 12.3 Å². The van der Waals surface area contributed by atoms with Crippen LogP contribution in [0.15, 0.2) is 36.5 Å². The summed E-state index contributed by atoms with van der Waals surface area (Å²) in [5.41, 5.74) is 7.26. The topological polar surface area (TPSA) is 109 Å². The summed E-state index contributed by atoms with van der Waals surface area (Å²) in [5.74, 6) is -1.08. The second-order valence-corrected chi connectivity index (χ2v) is 4.55. The van der Waals surface area contributed by atoms with Crippen molar-refractivity contribution in [1.82, 2.24) is 4.98 Å². The van der Waals surface area contributed by atoms with Gasteiger partial charge in [-0.1, -0.05) is 12.1 Å². The van der Waals surface area contributed by atoms with E-state index in [1.54, 1.807) is 17.0 Å². The predicted octanol–water partition coefficient (Wildman–Crippen LogP) is 1.45. The third-order valence-electron chi connectivity index (χ3n) is 3.23. The molecule has 106 valence electrons. The summed E-state index contributed by atoms with van der Waals surface area (Å²) in [6, 6.07) is 8.52. The van der Waals surface area contributed by atoms with E-state index < -0.39 is 5.97 Å². The molecule has 0 saturated carbocycles. The van der Waals surface area contributed by atoms with Crippen molar-refractivity contribution in [3.8, 4) is 0 Å². The van der Waals surface area contributed by atoms with Crippen LogP contribution in [0, 0.1) is 0 Å². The number of hydrogen-bond donors (Lipinski definition) is 3. The zero-order valence-corrected chi connectivity index (χ0v) is 10.9. The zero-order valence-electron chi connectivity index (χ0n) is 10.9. The number of rotatable bonds is 2. The van der Waals surface area contributed by atoms with Gasteiger partial charge in [-0.2, -0.15) is 0 Å². The average molecular weight is 284 g/mol. The quantitative estimate of drug-likeness (QED) is 0.770. The molecule has 7 heteroatoms. The second-order valence-electron chi connectivity index (χ2n) is 4.55. The molecule has 0 spiro atoms. The van der Waals surface area contributed by atoms with Crippen molar-refractivity contribution in [1.29, 1.82) is 0 Å². The Balaban J connectivity index is 2.15. The third kappa shape index (κ3) is 2.14. The number of anilines is 4. The van der Waals surface area contributed by atoms with Gasteiger partial charge in [0.15, 0.2) is 5.82 Å². The van der Waals surface area contributed by atoms with Gasteiger partial charge in [-0.05, 0) is 18.2 Å². The van der Waals surface area contributed by atoms with Gasteiger partial charge in [-0.25, -0.2) is 9.78 Å².